The average molecular weight is 356 g/mol. The number of benzene rings is 1. The van der Waals surface area contributed by atoms with Crippen LogP contribution >= 0.6 is 51.2 Å². The molecule has 0 bridgehead atoms. The van der Waals surface area contributed by atoms with Crippen LogP contribution in [-0.4, -0.2) is 10.2 Å². The number of thiocarbonyl (C=S) groups is 1. The van der Waals surface area contributed by atoms with E-state index in [1.54, 1.807) is 11.3 Å². The van der Waals surface area contributed by atoms with Gasteiger partial charge in [0.1, 0.15) is 4.32 Å². The quantitative estimate of drug-likeness (QED) is 0.615. The molecule has 1 aromatic heterocycles. The van der Waals surface area contributed by atoms with Crippen LogP contribution in [-0.2, 0) is 4.79 Å². The first kappa shape index (κ1) is 12.3. The van der Waals surface area contributed by atoms with Crippen LogP contribution in [0.3, 0.4) is 0 Å². The number of amides is 1. The molecule has 1 N–H and O–H groups in total. The van der Waals surface area contributed by atoms with E-state index in [9.17, 15) is 4.79 Å². The molecule has 1 saturated heterocycles. The van der Waals surface area contributed by atoms with Gasteiger partial charge in [-0.1, -0.05) is 39.9 Å². The molecule has 0 spiro atoms. The van der Waals surface area contributed by atoms with Gasteiger partial charge >= 0.3 is 0 Å². The Bertz CT molecular complexity index is 704. The molecule has 3 rings (SSSR count). The molecule has 1 aliphatic rings. The summed E-state index contributed by atoms with van der Waals surface area (Å²) in [7, 11) is 0. The summed E-state index contributed by atoms with van der Waals surface area (Å²) in [5.41, 5.74) is 1.05. The molecule has 90 valence electrons. The summed E-state index contributed by atoms with van der Waals surface area (Å²) < 4.78 is 2.76. The largest absolute Gasteiger partial charge is 0.307 e. The Morgan fingerprint density at radius 1 is 1.39 bits per heavy atom. The van der Waals surface area contributed by atoms with Gasteiger partial charge in [-0.05, 0) is 35.2 Å². The van der Waals surface area contributed by atoms with E-state index in [-0.39, 0.29) is 5.91 Å². The maximum absolute atomic E-state index is 11.6. The Balaban J connectivity index is 2.10. The lowest BCUT2D eigenvalue weighted by Crippen LogP contribution is -2.17. The van der Waals surface area contributed by atoms with E-state index in [4.69, 9.17) is 12.2 Å². The van der Waals surface area contributed by atoms with Crippen molar-refractivity contribution in [3.05, 3.63) is 38.5 Å². The number of rotatable bonds is 1. The number of fused-ring (bicyclic) bond motifs is 1. The number of carbonyl (C=O) groups is 1. The first-order chi connectivity index (χ1) is 8.63. The number of hydrogen-bond acceptors (Lipinski definition) is 4. The van der Waals surface area contributed by atoms with Crippen molar-refractivity contribution in [2.24, 2.45) is 0 Å². The molecule has 6 heteroatoms. The molecule has 0 unspecified atom stereocenters. The van der Waals surface area contributed by atoms with E-state index in [2.05, 4.69) is 38.8 Å². The fourth-order valence-electron chi connectivity index (χ4n) is 1.70. The fourth-order valence-corrected chi connectivity index (χ4v) is 3.99. The number of thiophene rings is 1. The number of nitrogens with one attached hydrogen (secondary N) is 1. The zero-order valence-electron chi connectivity index (χ0n) is 8.90. The summed E-state index contributed by atoms with van der Waals surface area (Å²) in [6, 6.07) is 6.15. The summed E-state index contributed by atoms with van der Waals surface area (Å²) >= 11 is 11.4. The van der Waals surface area contributed by atoms with Gasteiger partial charge in [-0.2, -0.15) is 0 Å². The molecular weight excluding hydrogens is 350 g/mol. The van der Waals surface area contributed by atoms with Crippen LogP contribution in [0.4, 0.5) is 0 Å². The predicted molar refractivity (Wildman–Crippen MR) is 85.8 cm³/mol. The van der Waals surface area contributed by atoms with E-state index in [1.807, 2.05) is 12.1 Å². The summed E-state index contributed by atoms with van der Waals surface area (Å²) in [4.78, 5) is 12.3. The SMILES string of the molecule is O=C1NC(=S)S/C1=C\c1csc2ccc(Br)cc12. The van der Waals surface area contributed by atoms with Gasteiger partial charge in [0.15, 0.2) is 0 Å². The van der Waals surface area contributed by atoms with E-state index >= 15 is 0 Å². The lowest BCUT2D eigenvalue weighted by atomic mass is 10.1. The summed E-state index contributed by atoms with van der Waals surface area (Å²) in [5, 5.41) is 5.82. The maximum atomic E-state index is 11.6. The van der Waals surface area contributed by atoms with Crippen LogP contribution < -0.4 is 5.32 Å². The highest BCUT2D eigenvalue weighted by molar-refractivity contribution is 9.10. The highest BCUT2D eigenvalue weighted by atomic mass is 79.9. The standard InChI is InChI=1S/C12H6BrNOS3/c13-7-1-2-9-8(4-7)6(5-17-9)3-10-11(15)14-12(16)18-10/h1-5H,(H,14,15,16)/b10-3-. The van der Waals surface area contributed by atoms with Gasteiger partial charge in [-0.3, -0.25) is 4.79 Å². The second-order valence-electron chi connectivity index (χ2n) is 3.68. The van der Waals surface area contributed by atoms with Crippen molar-refractivity contribution in [1.82, 2.24) is 5.32 Å². The molecule has 2 heterocycles. The van der Waals surface area contributed by atoms with Gasteiger partial charge in [0.05, 0.1) is 4.91 Å². The molecule has 0 saturated carbocycles. The van der Waals surface area contributed by atoms with E-state index in [0.29, 0.717) is 9.23 Å². The number of hydrogen-bond donors (Lipinski definition) is 1. The first-order valence-electron chi connectivity index (χ1n) is 5.05. The van der Waals surface area contributed by atoms with Crippen LogP contribution in [0.25, 0.3) is 16.2 Å². The number of halogens is 1. The van der Waals surface area contributed by atoms with Crippen molar-refractivity contribution in [2.45, 2.75) is 0 Å². The molecule has 1 amide bonds. The molecule has 0 radical (unpaired) electrons. The zero-order valence-corrected chi connectivity index (χ0v) is 12.9. The van der Waals surface area contributed by atoms with Crippen LogP contribution in [0.5, 0.6) is 0 Å². The molecule has 18 heavy (non-hydrogen) atoms. The Labute approximate surface area is 126 Å². The lowest BCUT2D eigenvalue weighted by Gasteiger charge is -1.95. The van der Waals surface area contributed by atoms with E-state index in [0.717, 1.165) is 15.4 Å². The third-order valence-electron chi connectivity index (χ3n) is 2.49. The van der Waals surface area contributed by atoms with Gasteiger partial charge in [0.2, 0.25) is 0 Å². The fraction of sp³-hybridized carbons (Fsp3) is 0. The van der Waals surface area contributed by atoms with E-state index in [1.165, 1.54) is 16.5 Å². The third kappa shape index (κ3) is 2.25. The zero-order chi connectivity index (χ0) is 12.7. The molecule has 2 nitrogen and oxygen atoms in total. The van der Waals surface area contributed by atoms with Gasteiger partial charge in [0, 0.05) is 14.6 Å². The molecule has 1 aromatic carbocycles. The Kier molecular flexibility index (Phi) is 3.27. The predicted octanol–water partition coefficient (Wildman–Crippen LogP) is 4.15. The van der Waals surface area contributed by atoms with E-state index < -0.39 is 0 Å². The van der Waals surface area contributed by atoms with Gasteiger partial charge < -0.3 is 5.32 Å². The van der Waals surface area contributed by atoms with Gasteiger partial charge in [0.25, 0.3) is 5.91 Å². The highest BCUT2D eigenvalue weighted by Gasteiger charge is 2.22. The van der Waals surface area contributed by atoms with Crippen molar-refractivity contribution in [2.75, 3.05) is 0 Å². The summed E-state index contributed by atoms with van der Waals surface area (Å²) in [5.74, 6) is -0.112. The van der Waals surface area contributed by atoms with Crippen molar-refractivity contribution in [1.29, 1.82) is 0 Å². The normalized spacial score (nSPS) is 17.7. The second-order valence-corrected chi connectivity index (χ2v) is 7.23. The molecule has 1 fully saturated rings. The third-order valence-corrected chi connectivity index (χ3v) is 5.13. The van der Waals surface area contributed by atoms with Gasteiger partial charge in [-0.25, -0.2) is 0 Å². The number of carbonyl (C=O) groups excluding carboxylic acids is 1. The minimum atomic E-state index is -0.112. The average Bonchev–Trinajstić information content (AvgIpc) is 2.84. The summed E-state index contributed by atoms with van der Waals surface area (Å²) in [6.07, 6.45) is 1.89. The van der Waals surface area contributed by atoms with Crippen LogP contribution in [0, 0.1) is 0 Å². The molecule has 0 aliphatic carbocycles. The van der Waals surface area contributed by atoms with Crippen molar-refractivity contribution >= 4 is 77.6 Å². The van der Waals surface area contributed by atoms with Crippen molar-refractivity contribution in [3.8, 4) is 0 Å². The van der Waals surface area contributed by atoms with Crippen LogP contribution in [0.1, 0.15) is 5.56 Å². The van der Waals surface area contributed by atoms with Crippen molar-refractivity contribution < 1.29 is 4.79 Å². The van der Waals surface area contributed by atoms with Crippen LogP contribution in [0.15, 0.2) is 33.0 Å². The topological polar surface area (TPSA) is 29.1 Å². The van der Waals surface area contributed by atoms with Crippen molar-refractivity contribution in [3.63, 3.8) is 0 Å². The monoisotopic (exact) mass is 355 g/mol. The minimum Gasteiger partial charge on any atom is -0.307 e. The summed E-state index contributed by atoms with van der Waals surface area (Å²) in [6.45, 7) is 0. The Hall–Kier alpha value is -0.690. The lowest BCUT2D eigenvalue weighted by molar-refractivity contribution is -0.115. The minimum absolute atomic E-state index is 0.112. The smallest absolute Gasteiger partial charge is 0.263 e. The Morgan fingerprint density at radius 3 is 2.94 bits per heavy atom. The molecule has 1 aliphatic heterocycles. The second kappa shape index (κ2) is 4.77. The molecule has 0 atom stereocenters. The molecular formula is C12H6BrNOS3. The Morgan fingerprint density at radius 2 is 2.22 bits per heavy atom. The number of thioether (sulfide) groups is 1. The van der Waals surface area contributed by atoms with Crippen LogP contribution in [0.2, 0.25) is 0 Å². The highest BCUT2D eigenvalue weighted by Crippen LogP contribution is 2.33. The maximum Gasteiger partial charge on any atom is 0.263 e. The molecule has 2 aromatic rings. The van der Waals surface area contributed by atoms with Gasteiger partial charge in [-0.15, -0.1) is 11.3 Å². The first-order valence-corrected chi connectivity index (χ1v) is 7.95.